The van der Waals surface area contributed by atoms with E-state index >= 15 is 0 Å². The number of alkyl halides is 1. The van der Waals surface area contributed by atoms with Gasteiger partial charge >= 0.3 is 0 Å². The lowest BCUT2D eigenvalue weighted by atomic mass is 10.2. The van der Waals surface area contributed by atoms with E-state index in [1.807, 2.05) is 25.1 Å². The second kappa shape index (κ2) is 4.21. The van der Waals surface area contributed by atoms with Crippen molar-refractivity contribution < 1.29 is 4.74 Å². The third-order valence-electron chi connectivity index (χ3n) is 1.61. The van der Waals surface area contributed by atoms with Crippen molar-refractivity contribution in [2.45, 2.75) is 6.92 Å². The van der Waals surface area contributed by atoms with Crippen LogP contribution in [0.4, 0.5) is 5.69 Å². The Morgan fingerprint density at radius 2 is 2.25 bits per heavy atom. The van der Waals surface area contributed by atoms with E-state index < -0.39 is 0 Å². The van der Waals surface area contributed by atoms with Crippen LogP contribution in [0.5, 0.6) is 5.75 Å². The van der Waals surface area contributed by atoms with E-state index in [1.165, 1.54) is 5.56 Å². The number of nitrogens with one attached hydrogen (secondary N) is 1. The van der Waals surface area contributed by atoms with Gasteiger partial charge < -0.3 is 10.1 Å². The van der Waals surface area contributed by atoms with Crippen molar-refractivity contribution in [2.24, 2.45) is 0 Å². The first-order chi connectivity index (χ1) is 5.77. The molecule has 0 radical (unpaired) electrons. The fourth-order valence-corrected chi connectivity index (χ4v) is 1.18. The normalized spacial score (nSPS) is 9.58. The lowest BCUT2D eigenvalue weighted by Gasteiger charge is -2.09. The van der Waals surface area contributed by atoms with Crippen molar-refractivity contribution in [1.82, 2.24) is 0 Å². The SMILES string of the molecule is COc1ccc(C)cc1NCCl. The molecule has 1 rings (SSSR count). The van der Waals surface area contributed by atoms with Gasteiger partial charge in [0.2, 0.25) is 0 Å². The molecule has 0 atom stereocenters. The average Bonchev–Trinajstić information content (AvgIpc) is 2.05. The maximum Gasteiger partial charge on any atom is 0.141 e. The molecule has 1 aromatic rings. The lowest BCUT2D eigenvalue weighted by Crippen LogP contribution is -1.97. The molecule has 12 heavy (non-hydrogen) atoms. The number of benzene rings is 1. The van der Waals surface area contributed by atoms with Crippen molar-refractivity contribution in [1.29, 1.82) is 0 Å². The Labute approximate surface area is 77.5 Å². The topological polar surface area (TPSA) is 21.3 Å². The van der Waals surface area contributed by atoms with Gasteiger partial charge in [-0.15, -0.1) is 11.6 Å². The molecule has 0 heterocycles. The summed E-state index contributed by atoms with van der Waals surface area (Å²) in [6.45, 7) is 2.03. The summed E-state index contributed by atoms with van der Waals surface area (Å²) in [5.41, 5.74) is 2.12. The van der Waals surface area contributed by atoms with Gasteiger partial charge in [-0.1, -0.05) is 6.07 Å². The second-order valence-electron chi connectivity index (χ2n) is 2.51. The summed E-state index contributed by atoms with van der Waals surface area (Å²) in [5.74, 6) is 0.821. The monoisotopic (exact) mass is 185 g/mol. The van der Waals surface area contributed by atoms with Crippen LogP contribution in [0.25, 0.3) is 0 Å². The molecule has 0 aromatic heterocycles. The molecule has 0 saturated carbocycles. The Hall–Kier alpha value is -0.890. The number of anilines is 1. The van der Waals surface area contributed by atoms with Gasteiger partial charge in [-0.2, -0.15) is 0 Å². The number of aryl methyl sites for hydroxylation is 1. The number of hydrogen-bond donors (Lipinski definition) is 1. The van der Waals surface area contributed by atoms with Gasteiger partial charge in [-0.05, 0) is 24.6 Å². The summed E-state index contributed by atoms with van der Waals surface area (Å²) in [6, 6.07) is 6.31. The fraction of sp³-hybridized carbons (Fsp3) is 0.333. The molecule has 0 spiro atoms. The van der Waals surface area contributed by atoms with Crippen molar-refractivity contribution >= 4 is 17.3 Å². The summed E-state index contributed by atoms with van der Waals surface area (Å²) in [5, 5.41) is 3.01. The quantitative estimate of drug-likeness (QED) is 0.578. The summed E-state index contributed by atoms with van der Waals surface area (Å²) in [4.78, 5) is 0. The van der Waals surface area contributed by atoms with Crippen molar-refractivity contribution in [3.8, 4) is 5.75 Å². The molecule has 0 aliphatic heterocycles. The number of rotatable bonds is 3. The van der Waals surface area contributed by atoms with Crippen molar-refractivity contribution in [3.63, 3.8) is 0 Å². The number of halogens is 1. The zero-order chi connectivity index (χ0) is 8.97. The Kier molecular flexibility index (Phi) is 3.23. The highest BCUT2D eigenvalue weighted by Gasteiger charge is 2.00. The van der Waals surface area contributed by atoms with Crippen LogP contribution in [0, 0.1) is 6.92 Å². The second-order valence-corrected chi connectivity index (χ2v) is 2.78. The van der Waals surface area contributed by atoms with Crippen LogP contribution in [-0.4, -0.2) is 13.1 Å². The van der Waals surface area contributed by atoms with Crippen molar-refractivity contribution in [3.05, 3.63) is 23.8 Å². The molecule has 1 aromatic carbocycles. The Morgan fingerprint density at radius 3 is 2.83 bits per heavy atom. The summed E-state index contributed by atoms with van der Waals surface area (Å²) < 4.78 is 5.13. The highest BCUT2D eigenvalue weighted by molar-refractivity contribution is 6.18. The number of ether oxygens (including phenoxy) is 1. The molecule has 3 heteroatoms. The van der Waals surface area contributed by atoms with E-state index in [0.717, 1.165) is 11.4 Å². The third kappa shape index (κ3) is 2.05. The molecule has 0 fully saturated rings. The van der Waals surface area contributed by atoms with Gasteiger partial charge in [0.15, 0.2) is 0 Å². The zero-order valence-corrected chi connectivity index (χ0v) is 7.98. The van der Waals surface area contributed by atoms with Crippen LogP contribution in [0.2, 0.25) is 0 Å². The van der Waals surface area contributed by atoms with Crippen molar-refractivity contribution in [2.75, 3.05) is 18.4 Å². The van der Waals surface area contributed by atoms with Gasteiger partial charge in [-0.25, -0.2) is 0 Å². The van der Waals surface area contributed by atoms with Gasteiger partial charge in [0.05, 0.1) is 18.8 Å². The zero-order valence-electron chi connectivity index (χ0n) is 7.23. The van der Waals surface area contributed by atoms with E-state index in [-0.39, 0.29) is 0 Å². The van der Waals surface area contributed by atoms with E-state index in [9.17, 15) is 0 Å². The van der Waals surface area contributed by atoms with E-state index in [4.69, 9.17) is 16.3 Å². The molecule has 1 N–H and O–H groups in total. The van der Waals surface area contributed by atoms with Crippen LogP contribution in [0.1, 0.15) is 5.56 Å². The molecular formula is C9H12ClNO. The summed E-state index contributed by atoms with van der Waals surface area (Å²) in [6.07, 6.45) is 0. The summed E-state index contributed by atoms with van der Waals surface area (Å²) >= 11 is 5.55. The van der Waals surface area contributed by atoms with E-state index in [2.05, 4.69) is 5.32 Å². The van der Waals surface area contributed by atoms with Crippen LogP contribution in [0.3, 0.4) is 0 Å². The highest BCUT2D eigenvalue weighted by atomic mass is 35.5. The molecule has 0 bridgehead atoms. The van der Waals surface area contributed by atoms with Crippen LogP contribution >= 0.6 is 11.6 Å². The molecule has 0 unspecified atom stereocenters. The van der Waals surface area contributed by atoms with Crippen LogP contribution < -0.4 is 10.1 Å². The number of hydrogen-bond acceptors (Lipinski definition) is 2. The molecule has 0 amide bonds. The number of methoxy groups -OCH3 is 1. The first-order valence-electron chi connectivity index (χ1n) is 3.72. The third-order valence-corrected chi connectivity index (χ3v) is 1.75. The minimum absolute atomic E-state index is 0.389. The maximum atomic E-state index is 5.55. The largest absolute Gasteiger partial charge is 0.495 e. The first-order valence-corrected chi connectivity index (χ1v) is 4.26. The van der Waals surface area contributed by atoms with Gasteiger partial charge in [0.25, 0.3) is 0 Å². The van der Waals surface area contributed by atoms with Gasteiger partial charge in [0.1, 0.15) is 5.75 Å². The Balaban J connectivity index is 2.95. The Bertz CT molecular complexity index is 263. The Morgan fingerprint density at radius 1 is 1.50 bits per heavy atom. The van der Waals surface area contributed by atoms with E-state index in [1.54, 1.807) is 7.11 Å². The predicted octanol–water partition coefficient (Wildman–Crippen LogP) is 2.61. The fourth-order valence-electron chi connectivity index (χ4n) is 1.03. The van der Waals surface area contributed by atoms with Crippen LogP contribution in [0.15, 0.2) is 18.2 Å². The van der Waals surface area contributed by atoms with Gasteiger partial charge in [-0.3, -0.25) is 0 Å². The van der Waals surface area contributed by atoms with Crippen LogP contribution in [-0.2, 0) is 0 Å². The lowest BCUT2D eigenvalue weighted by molar-refractivity contribution is 0.416. The molecule has 66 valence electrons. The molecular weight excluding hydrogens is 174 g/mol. The smallest absolute Gasteiger partial charge is 0.141 e. The molecule has 0 saturated heterocycles. The highest BCUT2D eigenvalue weighted by Crippen LogP contribution is 2.24. The molecule has 0 aliphatic rings. The van der Waals surface area contributed by atoms with Gasteiger partial charge in [0, 0.05) is 0 Å². The van der Waals surface area contributed by atoms with E-state index in [0.29, 0.717) is 6.00 Å². The minimum Gasteiger partial charge on any atom is -0.495 e. The molecule has 2 nitrogen and oxygen atoms in total. The predicted molar refractivity (Wildman–Crippen MR) is 52.1 cm³/mol. The summed E-state index contributed by atoms with van der Waals surface area (Å²) in [7, 11) is 1.64. The molecule has 0 aliphatic carbocycles. The average molecular weight is 186 g/mol. The minimum atomic E-state index is 0.389. The maximum absolute atomic E-state index is 5.55. The standard InChI is InChI=1S/C9H12ClNO/c1-7-3-4-9(12-2)8(5-7)11-6-10/h3-5,11H,6H2,1-2H3. The first kappa shape index (κ1) is 9.20.